The number of aliphatic hydroxyl groups excluding tert-OH is 19. The molecular weight excluding hydrogens is 1660 g/mol. The molecule has 6 saturated heterocycles. The van der Waals surface area contributed by atoms with Crippen LogP contribution in [0.5, 0.6) is 0 Å². The molecule has 39 heteroatoms. The molecule has 0 aromatic carbocycles. The van der Waals surface area contributed by atoms with E-state index in [1.54, 1.807) is 6.08 Å². The summed E-state index contributed by atoms with van der Waals surface area (Å²) in [5.74, 6) is -7.49. The molecule has 126 heavy (non-hydrogen) atoms. The van der Waals surface area contributed by atoms with Crippen molar-refractivity contribution in [2.75, 3.05) is 46.2 Å². The maximum absolute atomic E-state index is 13.6. The van der Waals surface area contributed by atoms with Gasteiger partial charge in [-0.1, -0.05) is 205 Å². The smallest absolute Gasteiger partial charge is 0.364 e. The molecule has 6 aliphatic rings. The summed E-state index contributed by atoms with van der Waals surface area (Å²) in [6.07, 6.45) is -14.8. The summed E-state index contributed by atoms with van der Waals surface area (Å²) in [4.78, 5) is 52.2. The van der Waals surface area contributed by atoms with Crippen molar-refractivity contribution in [1.82, 2.24) is 16.0 Å². The monoisotopic (exact) mass is 1820 g/mol. The molecule has 23 N–H and O–H groups in total. The molecule has 6 aliphatic heterocycles. The molecule has 0 aromatic rings. The number of carboxylic acids is 1. The predicted molar refractivity (Wildman–Crippen MR) is 448 cm³/mol. The van der Waals surface area contributed by atoms with E-state index < -0.39 is 272 Å². The number of amides is 3. The Morgan fingerprint density at radius 3 is 1.21 bits per heavy atom. The van der Waals surface area contributed by atoms with Crippen LogP contribution in [0.2, 0.25) is 0 Å². The third-order valence-electron chi connectivity index (χ3n) is 24.4. The molecule has 33 atom stereocenters. The summed E-state index contributed by atoms with van der Waals surface area (Å²) in [7, 11) is 0. The van der Waals surface area contributed by atoms with Crippen molar-refractivity contribution >= 4 is 23.7 Å². The molecular formula is C87H155N3O36. The highest BCUT2D eigenvalue weighted by Crippen LogP contribution is 2.41. The molecule has 6 fully saturated rings. The second kappa shape index (κ2) is 59.7. The highest BCUT2D eigenvalue weighted by molar-refractivity contribution is 5.77. The van der Waals surface area contributed by atoms with E-state index in [9.17, 15) is 121 Å². The molecule has 0 bridgehead atoms. The summed E-state index contributed by atoms with van der Waals surface area (Å²) in [5, 5.41) is 232. The number of carbonyl (C=O) groups excluding carboxylic acids is 3. The van der Waals surface area contributed by atoms with E-state index in [2.05, 4.69) is 41.9 Å². The van der Waals surface area contributed by atoms with Gasteiger partial charge in [0.1, 0.15) is 140 Å². The molecule has 39 nitrogen and oxygen atoms in total. The van der Waals surface area contributed by atoms with Crippen molar-refractivity contribution in [2.24, 2.45) is 0 Å². The Morgan fingerprint density at radius 2 is 0.778 bits per heavy atom. The zero-order valence-corrected chi connectivity index (χ0v) is 74.0. The first-order valence-electron chi connectivity index (χ1n) is 46.3. The van der Waals surface area contributed by atoms with Gasteiger partial charge in [-0.15, -0.1) is 0 Å². The Morgan fingerprint density at radius 1 is 0.413 bits per heavy atom. The fourth-order valence-electron chi connectivity index (χ4n) is 16.9. The summed E-state index contributed by atoms with van der Waals surface area (Å²) in [6, 6.07) is -4.72. The van der Waals surface area contributed by atoms with Crippen molar-refractivity contribution in [2.45, 2.75) is 454 Å². The maximum atomic E-state index is 13.6. The van der Waals surface area contributed by atoms with Crippen molar-refractivity contribution in [1.29, 1.82) is 0 Å². The summed E-state index contributed by atoms with van der Waals surface area (Å²) in [6.45, 7) is -0.681. The van der Waals surface area contributed by atoms with E-state index in [1.807, 2.05) is 6.08 Å². The number of aliphatic carboxylic acids is 1. The van der Waals surface area contributed by atoms with Gasteiger partial charge in [0.2, 0.25) is 17.7 Å². The van der Waals surface area contributed by atoms with E-state index in [0.717, 1.165) is 71.6 Å². The van der Waals surface area contributed by atoms with Gasteiger partial charge in [0.05, 0.1) is 70.5 Å². The molecule has 0 spiro atoms. The van der Waals surface area contributed by atoms with Gasteiger partial charge < -0.3 is 175 Å². The minimum absolute atomic E-state index is 0.154. The predicted octanol–water partition coefficient (Wildman–Crippen LogP) is -0.321. The van der Waals surface area contributed by atoms with Crippen molar-refractivity contribution < 1.29 is 178 Å². The molecule has 0 saturated carbocycles. The Labute approximate surface area is 739 Å². The van der Waals surface area contributed by atoms with Gasteiger partial charge in [0.15, 0.2) is 31.5 Å². The second-order valence-electron chi connectivity index (χ2n) is 34.5. The number of aliphatic hydroxyl groups is 19. The Balaban J connectivity index is 1.09. The second-order valence-corrected chi connectivity index (χ2v) is 34.5. The molecule has 0 aliphatic carbocycles. The topological polar surface area (TPSA) is 620 Å². The number of carboxylic acid groups (broad SMARTS) is 1. The van der Waals surface area contributed by atoms with E-state index in [4.69, 9.17) is 56.8 Å². The number of unbranched alkanes of at least 4 members (excludes halogenated alkanes) is 30. The van der Waals surface area contributed by atoms with Crippen LogP contribution >= 0.6 is 0 Å². The van der Waals surface area contributed by atoms with Crippen LogP contribution in [0.4, 0.5) is 0 Å². The lowest BCUT2D eigenvalue weighted by Gasteiger charge is -2.51. The minimum atomic E-state index is -3.25. The van der Waals surface area contributed by atoms with Crippen LogP contribution in [0, 0.1) is 0 Å². The SMILES string of the molecule is CCCCCCCC/C=C\CCCCCCCCCCCCCCCC(=O)N[C@@H](CO[C@@H]1OC(CO)[C@@H](O[C@@H]2OC(CO)[C@H](O)[C@H](O[C@@H]3OC(CO)[C@@H](O)[C@H](O[C@@H]4OC(CO)[C@H](O)[C@H](O[C@@H]5OC(CO)[C@H](O)[C@H](O[C@]6(C(=O)O)CC(O)[C@@H](NC(C)=O)C([C@H](O)[C@H](O)CO)O6)C5O)C4O)C3NC(C)=O)C2O)[C@H](O)C1O)[C@H](O)/C=C/CCCCCCCCCCCCC. The molecule has 0 radical (unpaired) electrons. The van der Waals surface area contributed by atoms with Gasteiger partial charge >= 0.3 is 5.97 Å². The average molecular weight is 1820 g/mol. The first-order chi connectivity index (χ1) is 60.5. The van der Waals surface area contributed by atoms with Crippen LogP contribution in [0.1, 0.15) is 252 Å². The number of carbonyl (C=O) groups is 4. The van der Waals surface area contributed by atoms with E-state index in [1.165, 1.54) is 141 Å². The van der Waals surface area contributed by atoms with Crippen LogP contribution in [0.25, 0.3) is 0 Å². The summed E-state index contributed by atoms with van der Waals surface area (Å²) in [5.41, 5.74) is 0. The van der Waals surface area contributed by atoms with Gasteiger partial charge in [-0.3, -0.25) is 14.4 Å². The third-order valence-corrected chi connectivity index (χ3v) is 24.4. The number of hydrogen-bond donors (Lipinski definition) is 23. The van der Waals surface area contributed by atoms with Crippen LogP contribution in [-0.2, 0) is 76.0 Å². The van der Waals surface area contributed by atoms with Crippen molar-refractivity contribution in [3.63, 3.8) is 0 Å². The quantitative estimate of drug-likeness (QED) is 0.0274. The molecule has 0 aromatic heterocycles. The van der Waals surface area contributed by atoms with Crippen LogP contribution in [0.3, 0.4) is 0 Å². The van der Waals surface area contributed by atoms with Crippen LogP contribution in [-0.4, -0.2) is 374 Å². The lowest BCUT2D eigenvalue weighted by Crippen LogP contribution is -2.71. The number of ether oxygens (including phenoxy) is 12. The maximum Gasteiger partial charge on any atom is 0.364 e. The highest BCUT2D eigenvalue weighted by atomic mass is 16.8. The van der Waals surface area contributed by atoms with E-state index >= 15 is 0 Å². The molecule has 3 amide bonds. The van der Waals surface area contributed by atoms with Crippen LogP contribution in [0.15, 0.2) is 24.3 Å². The van der Waals surface area contributed by atoms with Gasteiger partial charge in [-0.05, 0) is 44.9 Å². The molecule has 12 unspecified atom stereocenters. The third kappa shape index (κ3) is 34.5. The van der Waals surface area contributed by atoms with Gasteiger partial charge in [-0.2, -0.15) is 0 Å². The summed E-state index contributed by atoms with van der Waals surface area (Å²) >= 11 is 0. The van der Waals surface area contributed by atoms with E-state index in [0.29, 0.717) is 12.8 Å². The van der Waals surface area contributed by atoms with E-state index in [-0.39, 0.29) is 12.3 Å². The van der Waals surface area contributed by atoms with Gasteiger partial charge in [0, 0.05) is 26.7 Å². The molecule has 734 valence electrons. The van der Waals surface area contributed by atoms with Gasteiger partial charge in [0.25, 0.3) is 5.79 Å². The number of nitrogens with one attached hydrogen (secondary N) is 3. The normalized spacial score (nSPS) is 34.9. The standard InChI is InChI=1S/C87H155N3O36/c1-5-7-9-11-13-15-17-19-20-21-22-23-24-25-26-27-28-30-32-34-36-38-40-42-62(102)90-53(54(99)41-39-37-35-33-31-29-18-16-14-12-10-8-6-2)50-115-82-71(109)70(108)75(61(49-96)120-82)121-83-72(110)78(67(105)58(46-93)117-83)123-81-64(89-52(4)98)76(66(104)57(45-92)116-81)122-84-73(111)79(68(106)59(47-94)118-84)124-85-74(112)80(69(107)60(48-95)119-85)126-87(86(113)114)43-55(100)63(88-51(3)97)77(125-87)65(103)56(101)44-91/h19-20,39,41,53-61,63-85,91-96,99-101,103-112H,5-18,21-38,40,42-50H2,1-4H3,(H,88,97)(H,89,98)(H,90,102)(H,113,114)/b20-19-,41-39+/t53-,54+,55?,56+,57?,58?,59?,60?,61?,63+,64?,65+,66+,67-,68-,69-,70+,71?,72?,73?,74?,75+,76+,77?,78-,79-,80-,81-,82+,83-,84-,85-,87-/m0/s1. The zero-order valence-electron chi connectivity index (χ0n) is 74.0. The fourth-order valence-corrected chi connectivity index (χ4v) is 16.9. The zero-order chi connectivity index (χ0) is 92.4. The first-order valence-corrected chi connectivity index (χ1v) is 46.3. The lowest BCUT2D eigenvalue weighted by atomic mass is 9.88. The first kappa shape index (κ1) is 111. The Hall–Kier alpha value is -3.88. The Kier molecular flexibility index (Phi) is 52.5. The summed E-state index contributed by atoms with van der Waals surface area (Å²) < 4.78 is 70.8. The fraction of sp³-hybridized carbons (Fsp3) is 0.908. The minimum Gasteiger partial charge on any atom is -0.477 e. The van der Waals surface area contributed by atoms with Crippen molar-refractivity contribution in [3.05, 3.63) is 24.3 Å². The number of rotatable bonds is 62. The average Bonchev–Trinajstić information content (AvgIpc) is 0.754. The Bertz CT molecular complexity index is 3030. The highest BCUT2D eigenvalue weighted by Gasteiger charge is 2.62. The lowest BCUT2D eigenvalue weighted by molar-refractivity contribution is -0.394. The molecule has 6 heterocycles. The van der Waals surface area contributed by atoms with Gasteiger partial charge in [-0.25, -0.2) is 4.79 Å². The number of allylic oxidation sites excluding steroid dienone is 3. The van der Waals surface area contributed by atoms with Crippen molar-refractivity contribution in [3.8, 4) is 0 Å². The largest absolute Gasteiger partial charge is 0.477 e. The molecule has 6 rings (SSSR count). The van der Waals surface area contributed by atoms with Crippen LogP contribution < -0.4 is 16.0 Å². The number of hydrogen-bond acceptors (Lipinski definition) is 35.